The summed E-state index contributed by atoms with van der Waals surface area (Å²) < 4.78 is 38.6. The molecule has 1 aliphatic heterocycles. The highest BCUT2D eigenvalue weighted by Crippen LogP contribution is 2.34. The molecule has 3 rings (SSSR count). The van der Waals surface area contributed by atoms with Crippen molar-refractivity contribution in [2.45, 2.75) is 4.90 Å². The molecule has 1 heterocycles. The van der Waals surface area contributed by atoms with Crippen molar-refractivity contribution in [3.63, 3.8) is 0 Å². The molecule has 27 heavy (non-hydrogen) atoms. The molecule has 3 N–H and O–H groups in total. The van der Waals surface area contributed by atoms with Gasteiger partial charge in [-0.1, -0.05) is 0 Å². The molecule has 10 nitrogen and oxygen atoms in total. The first kappa shape index (κ1) is 18.7. The van der Waals surface area contributed by atoms with Gasteiger partial charge in [-0.2, -0.15) is 0 Å². The van der Waals surface area contributed by atoms with Crippen LogP contribution in [0.5, 0.6) is 11.5 Å². The predicted octanol–water partition coefficient (Wildman–Crippen LogP) is 1.57. The van der Waals surface area contributed by atoms with Crippen LogP contribution in [0.1, 0.15) is 0 Å². The van der Waals surface area contributed by atoms with Crippen molar-refractivity contribution in [3.05, 3.63) is 46.5 Å². The third-order valence-corrected chi connectivity index (χ3v) is 5.07. The SMILES string of the molecule is O=[N+]([O-])c1ccc(NCCO)c(NS(=O)(=O)c2ccc3c(c2)OCCO3)c1. The van der Waals surface area contributed by atoms with E-state index in [0.29, 0.717) is 30.4 Å². The number of non-ortho nitro benzene ring substituents is 1. The summed E-state index contributed by atoms with van der Waals surface area (Å²) in [6, 6.07) is 7.89. The average molecular weight is 395 g/mol. The fourth-order valence-electron chi connectivity index (χ4n) is 2.47. The van der Waals surface area contributed by atoms with Crippen molar-refractivity contribution >= 4 is 27.1 Å². The van der Waals surface area contributed by atoms with Crippen LogP contribution < -0.4 is 19.5 Å². The van der Waals surface area contributed by atoms with E-state index < -0.39 is 14.9 Å². The summed E-state index contributed by atoms with van der Waals surface area (Å²) in [5.41, 5.74) is 0.0210. The van der Waals surface area contributed by atoms with Gasteiger partial charge in [-0.05, 0) is 18.2 Å². The zero-order valence-electron chi connectivity index (χ0n) is 14.0. The fourth-order valence-corrected chi connectivity index (χ4v) is 3.56. The largest absolute Gasteiger partial charge is 0.486 e. The number of hydrogen-bond donors (Lipinski definition) is 3. The molecule has 2 aromatic carbocycles. The molecule has 11 heteroatoms. The van der Waals surface area contributed by atoms with E-state index in [1.807, 2.05) is 0 Å². The van der Waals surface area contributed by atoms with E-state index in [1.165, 1.54) is 30.3 Å². The maximum Gasteiger partial charge on any atom is 0.271 e. The van der Waals surface area contributed by atoms with Crippen LogP contribution in [0.15, 0.2) is 41.3 Å². The molecule has 0 aliphatic carbocycles. The van der Waals surface area contributed by atoms with Crippen molar-refractivity contribution in [3.8, 4) is 11.5 Å². The Bertz CT molecular complexity index is 962. The minimum Gasteiger partial charge on any atom is -0.486 e. The summed E-state index contributed by atoms with van der Waals surface area (Å²) in [5, 5.41) is 22.8. The van der Waals surface area contributed by atoms with E-state index in [4.69, 9.17) is 14.6 Å². The molecular weight excluding hydrogens is 378 g/mol. The number of aliphatic hydroxyl groups is 1. The summed E-state index contributed by atoms with van der Waals surface area (Å²) in [7, 11) is -4.05. The number of aliphatic hydroxyl groups excluding tert-OH is 1. The van der Waals surface area contributed by atoms with E-state index in [2.05, 4.69) is 10.0 Å². The Morgan fingerprint density at radius 2 is 1.81 bits per heavy atom. The highest BCUT2D eigenvalue weighted by atomic mass is 32.2. The molecule has 2 aromatic rings. The molecule has 0 bridgehead atoms. The van der Waals surface area contributed by atoms with Gasteiger partial charge in [0.2, 0.25) is 0 Å². The van der Waals surface area contributed by atoms with Gasteiger partial charge in [0.1, 0.15) is 13.2 Å². The molecule has 144 valence electrons. The molecule has 0 saturated carbocycles. The number of nitrogens with one attached hydrogen (secondary N) is 2. The van der Waals surface area contributed by atoms with Crippen LogP contribution in [0.4, 0.5) is 17.1 Å². The zero-order valence-corrected chi connectivity index (χ0v) is 14.9. The highest BCUT2D eigenvalue weighted by molar-refractivity contribution is 7.92. The molecule has 0 aromatic heterocycles. The molecule has 0 atom stereocenters. The molecular formula is C16H17N3O7S. The Hall–Kier alpha value is -3.05. The Kier molecular flexibility index (Phi) is 5.33. The van der Waals surface area contributed by atoms with Gasteiger partial charge in [0.15, 0.2) is 11.5 Å². The Labute approximate surface area is 154 Å². The van der Waals surface area contributed by atoms with Crippen molar-refractivity contribution in [2.24, 2.45) is 0 Å². The molecule has 0 radical (unpaired) electrons. The second kappa shape index (κ2) is 7.68. The van der Waals surface area contributed by atoms with Crippen LogP contribution in [-0.4, -0.2) is 44.8 Å². The zero-order chi connectivity index (χ0) is 19.4. The van der Waals surface area contributed by atoms with E-state index in [-0.39, 0.29) is 29.4 Å². The minimum atomic E-state index is -4.05. The number of anilines is 2. The number of nitro groups is 1. The van der Waals surface area contributed by atoms with Gasteiger partial charge in [-0.25, -0.2) is 8.42 Å². The number of benzene rings is 2. The van der Waals surface area contributed by atoms with Crippen LogP contribution in [-0.2, 0) is 10.0 Å². The van der Waals surface area contributed by atoms with Gasteiger partial charge < -0.3 is 19.9 Å². The Morgan fingerprint density at radius 1 is 1.07 bits per heavy atom. The van der Waals surface area contributed by atoms with Gasteiger partial charge in [0.25, 0.3) is 15.7 Å². The van der Waals surface area contributed by atoms with Crippen molar-refractivity contribution < 1.29 is 27.9 Å². The van der Waals surface area contributed by atoms with Crippen LogP contribution in [0.3, 0.4) is 0 Å². The summed E-state index contributed by atoms with van der Waals surface area (Å²) in [5.74, 6) is 0.752. The Balaban J connectivity index is 1.94. The standard InChI is InChI=1S/C16H17N3O7S/c20-6-5-17-13-3-1-11(19(21)22)9-14(13)18-27(23,24)12-2-4-15-16(10-12)26-8-7-25-15/h1-4,9-10,17-18,20H,5-8H2. The average Bonchev–Trinajstić information content (AvgIpc) is 2.66. The van der Waals surface area contributed by atoms with Gasteiger partial charge in [0, 0.05) is 24.7 Å². The fraction of sp³-hybridized carbons (Fsp3) is 0.250. The number of rotatable bonds is 7. The molecule has 0 unspecified atom stereocenters. The third-order valence-electron chi connectivity index (χ3n) is 3.71. The second-order valence-electron chi connectivity index (χ2n) is 5.55. The summed E-state index contributed by atoms with van der Waals surface area (Å²) in [6.45, 7) is 0.650. The van der Waals surface area contributed by atoms with Gasteiger partial charge in [-0.15, -0.1) is 0 Å². The van der Waals surface area contributed by atoms with Crippen LogP contribution in [0.25, 0.3) is 0 Å². The van der Waals surface area contributed by atoms with E-state index in [9.17, 15) is 18.5 Å². The van der Waals surface area contributed by atoms with Crippen molar-refractivity contribution in [1.82, 2.24) is 0 Å². The normalized spacial score (nSPS) is 13.1. The molecule has 0 saturated heterocycles. The first-order chi connectivity index (χ1) is 12.9. The topological polar surface area (TPSA) is 140 Å². The number of nitrogens with zero attached hydrogens (tertiary/aromatic N) is 1. The molecule has 1 aliphatic rings. The molecule has 0 fully saturated rings. The lowest BCUT2D eigenvalue weighted by Gasteiger charge is -2.19. The van der Waals surface area contributed by atoms with Gasteiger partial charge in [0.05, 0.1) is 27.8 Å². The number of fused-ring (bicyclic) bond motifs is 1. The van der Waals surface area contributed by atoms with E-state index in [0.717, 1.165) is 6.07 Å². The first-order valence-electron chi connectivity index (χ1n) is 7.96. The minimum absolute atomic E-state index is 0.00691. The second-order valence-corrected chi connectivity index (χ2v) is 7.23. The number of sulfonamides is 1. The maximum absolute atomic E-state index is 12.7. The number of ether oxygens (including phenoxy) is 2. The lowest BCUT2D eigenvalue weighted by molar-refractivity contribution is -0.384. The highest BCUT2D eigenvalue weighted by Gasteiger charge is 2.22. The van der Waals surface area contributed by atoms with Crippen LogP contribution in [0.2, 0.25) is 0 Å². The van der Waals surface area contributed by atoms with Crippen molar-refractivity contribution in [2.75, 3.05) is 36.4 Å². The summed E-state index contributed by atoms with van der Waals surface area (Å²) in [6.07, 6.45) is 0. The first-order valence-corrected chi connectivity index (χ1v) is 9.44. The summed E-state index contributed by atoms with van der Waals surface area (Å²) >= 11 is 0. The van der Waals surface area contributed by atoms with E-state index in [1.54, 1.807) is 0 Å². The third kappa shape index (κ3) is 4.20. The van der Waals surface area contributed by atoms with Gasteiger partial charge >= 0.3 is 0 Å². The van der Waals surface area contributed by atoms with Crippen LogP contribution >= 0.6 is 0 Å². The number of hydrogen-bond acceptors (Lipinski definition) is 8. The smallest absolute Gasteiger partial charge is 0.271 e. The Morgan fingerprint density at radius 3 is 2.52 bits per heavy atom. The maximum atomic E-state index is 12.7. The van der Waals surface area contributed by atoms with E-state index >= 15 is 0 Å². The lowest BCUT2D eigenvalue weighted by atomic mass is 10.2. The molecule has 0 amide bonds. The quantitative estimate of drug-likeness (QED) is 0.474. The predicted molar refractivity (Wildman–Crippen MR) is 96.9 cm³/mol. The van der Waals surface area contributed by atoms with Gasteiger partial charge in [-0.3, -0.25) is 14.8 Å². The molecule has 0 spiro atoms. The van der Waals surface area contributed by atoms with Crippen LogP contribution in [0, 0.1) is 10.1 Å². The summed E-state index contributed by atoms with van der Waals surface area (Å²) in [4.78, 5) is 10.3. The number of nitro benzene ring substituents is 1. The van der Waals surface area contributed by atoms with Crippen molar-refractivity contribution in [1.29, 1.82) is 0 Å². The monoisotopic (exact) mass is 395 g/mol. The lowest BCUT2D eigenvalue weighted by Crippen LogP contribution is -2.18.